The molecule has 2 aromatic carbocycles. The highest BCUT2D eigenvalue weighted by Crippen LogP contribution is 2.32. The summed E-state index contributed by atoms with van der Waals surface area (Å²) in [6, 6.07) is 19.5. The molecule has 0 aliphatic carbocycles. The van der Waals surface area contributed by atoms with E-state index in [1.54, 1.807) is 11.2 Å². The summed E-state index contributed by atoms with van der Waals surface area (Å²) in [4.78, 5) is 62.4. The highest BCUT2D eigenvalue weighted by Gasteiger charge is 2.27. The molecule has 2 aliphatic rings. The topological polar surface area (TPSA) is 199 Å². The van der Waals surface area contributed by atoms with Crippen LogP contribution in [0.2, 0.25) is 0 Å². The molecule has 0 saturated carbocycles. The summed E-state index contributed by atoms with van der Waals surface area (Å²) in [5.74, 6) is 0.379. The number of pyridine rings is 1. The molecule has 316 valence electrons. The fourth-order valence-corrected chi connectivity index (χ4v) is 7.90. The second-order valence-electron chi connectivity index (χ2n) is 16.9. The van der Waals surface area contributed by atoms with Crippen molar-refractivity contribution in [2.24, 2.45) is 5.92 Å². The minimum atomic E-state index is -0.417. The smallest absolute Gasteiger partial charge is 0.328 e. The number of nitrogens with zero attached hydrogens (tertiary/aromatic N) is 7. The van der Waals surface area contributed by atoms with E-state index in [-0.39, 0.29) is 29.3 Å². The second-order valence-corrected chi connectivity index (χ2v) is 16.9. The maximum Gasteiger partial charge on any atom is 0.328 e. The van der Waals surface area contributed by atoms with Crippen molar-refractivity contribution in [2.45, 2.75) is 65.3 Å². The number of hydrogen-bond donors (Lipinski definition) is 5. The normalized spacial score (nSPS) is 15.6. The fourth-order valence-electron chi connectivity index (χ4n) is 7.90. The number of fused-ring (bicyclic) bond motifs is 1. The Morgan fingerprint density at radius 3 is 2.52 bits per heavy atom. The first-order valence-corrected chi connectivity index (χ1v) is 20.9. The van der Waals surface area contributed by atoms with E-state index in [2.05, 4.69) is 63.4 Å². The number of hydrogen-bond acceptors (Lipinski definition) is 12. The lowest BCUT2D eigenvalue weighted by Gasteiger charge is -2.34. The Morgan fingerprint density at radius 1 is 0.967 bits per heavy atom. The minimum absolute atomic E-state index is 0.0552. The van der Waals surface area contributed by atoms with E-state index >= 15 is 0 Å². The van der Waals surface area contributed by atoms with Gasteiger partial charge < -0.3 is 30.4 Å². The molecule has 6 heterocycles. The molecular weight excluding hydrogens is 773 g/mol. The average Bonchev–Trinajstić information content (AvgIpc) is 3.93. The lowest BCUT2D eigenvalue weighted by molar-refractivity contribution is -0.120. The van der Waals surface area contributed by atoms with Crippen molar-refractivity contribution in [3.8, 4) is 22.6 Å². The van der Waals surface area contributed by atoms with Gasteiger partial charge in [-0.05, 0) is 92.7 Å². The molecule has 2 fully saturated rings. The molecule has 8 rings (SSSR count). The lowest BCUT2D eigenvalue weighted by atomic mass is 9.96. The largest absolute Gasteiger partial charge is 0.383 e. The molecule has 0 unspecified atom stereocenters. The van der Waals surface area contributed by atoms with Gasteiger partial charge in [0, 0.05) is 66.9 Å². The van der Waals surface area contributed by atoms with Crippen LogP contribution in [0.4, 0.5) is 21.9 Å². The number of amides is 4. The van der Waals surface area contributed by atoms with Crippen LogP contribution in [-0.2, 0) is 10.2 Å². The standard InChI is InChI=1S/C45H52N12O4/c1-27-21-30(9-11-34(27)28(2)51-41(59)42-54-43(55-61-42)45(3,4)5)39-35-23-37(52-40(35)50-26-49-39)36-12-10-31(25-48-36)47-17-16-46-24-29-13-18-56(19-14-29)32-7-6-8-33(22-32)57-20-15-38(58)53-44(57)60/h6-12,21-23,25-26,28-29,46-47H,13-20,24H2,1-5H3,(H,51,59)(H,49,50,52)(H,53,58,60)/t28-/m1/s1. The summed E-state index contributed by atoms with van der Waals surface area (Å²) in [5, 5.41) is 17.3. The number of nitrogens with one attached hydrogen (secondary N) is 5. The Labute approximate surface area is 354 Å². The third-order valence-electron chi connectivity index (χ3n) is 11.4. The number of carbonyl (C=O) groups is 3. The molecule has 4 aromatic heterocycles. The average molecular weight is 825 g/mol. The van der Waals surface area contributed by atoms with Gasteiger partial charge in [-0.25, -0.2) is 14.8 Å². The summed E-state index contributed by atoms with van der Waals surface area (Å²) in [6.45, 7) is 14.7. The molecule has 0 spiro atoms. The molecule has 1 atom stereocenters. The van der Waals surface area contributed by atoms with Crippen LogP contribution >= 0.6 is 0 Å². The van der Waals surface area contributed by atoms with Crippen molar-refractivity contribution < 1.29 is 18.9 Å². The maximum atomic E-state index is 12.9. The summed E-state index contributed by atoms with van der Waals surface area (Å²) < 4.78 is 5.23. The minimum Gasteiger partial charge on any atom is -0.383 e. The lowest BCUT2D eigenvalue weighted by Crippen LogP contribution is -2.49. The van der Waals surface area contributed by atoms with Gasteiger partial charge in [-0.2, -0.15) is 4.98 Å². The van der Waals surface area contributed by atoms with Gasteiger partial charge in [0.1, 0.15) is 12.0 Å². The number of aromatic amines is 1. The number of aromatic nitrogens is 6. The predicted molar refractivity (Wildman–Crippen MR) is 234 cm³/mol. The number of rotatable bonds is 13. The van der Waals surface area contributed by atoms with Gasteiger partial charge in [-0.1, -0.05) is 44.1 Å². The summed E-state index contributed by atoms with van der Waals surface area (Å²) in [5.41, 5.74) is 8.59. The predicted octanol–water partition coefficient (Wildman–Crippen LogP) is 6.53. The van der Waals surface area contributed by atoms with E-state index in [0.29, 0.717) is 24.7 Å². The molecule has 0 bridgehead atoms. The van der Waals surface area contributed by atoms with Crippen LogP contribution < -0.4 is 31.1 Å². The Morgan fingerprint density at radius 2 is 1.79 bits per heavy atom. The Hall–Kier alpha value is -6.68. The third kappa shape index (κ3) is 9.39. The number of piperidine rings is 1. The van der Waals surface area contributed by atoms with E-state index in [0.717, 1.165) is 107 Å². The van der Waals surface area contributed by atoms with E-state index in [9.17, 15) is 14.4 Å². The highest BCUT2D eigenvalue weighted by atomic mass is 16.5. The van der Waals surface area contributed by atoms with Crippen molar-refractivity contribution in [1.29, 1.82) is 0 Å². The van der Waals surface area contributed by atoms with Gasteiger partial charge in [0.05, 0.1) is 35.0 Å². The van der Waals surface area contributed by atoms with E-state index in [4.69, 9.17) is 9.51 Å². The van der Waals surface area contributed by atoms with Crippen molar-refractivity contribution in [2.75, 3.05) is 54.4 Å². The van der Waals surface area contributed by atoms with Crippen LogP contribution in [-0.4, -0.2) is 87.2 Å². The molecule has 2 saturated heterocycles. The van der Waals surface area contributed by atoms with E-state index < -0.39 is 5.91 Å². The summed E-state index contributed by atoms with van der Waals surface area (Å²) >= 11 is 0. The molecule has 16 nitrogen and oxygen atoms in total. The summed E-state index contributed by atoms with van der Waals surface area (Å²) in [6.07, 6.45) is 5.89. The first kappa shape index (κ1) is 41.1. The number of imide groups is 1. The monoisotopic (exact) mass is 824 g/mol. The first-order valence-electron chi connectivity index (χ1n) is 20.9. The number of carbonyl (C=O) groups excluding carboxylic acids is 3. The van der Waals surface area contributed by atoms with Crippen molar-refractivity contribution in [1.82, 2.24) is 46.0 Å². The third-order valence-corrected chi connectivity index (χ3v) is 11.4. The van der Waals surface area contributed by atoms with Crippen LogP contribution in [0.3, 0.4) is 0 Å². The molecule has 0 radical (unpaired) electrons. The van der Waals surface area contributed by atoms with Crippen molar-refractivity contribution >= 4 is 45.9 Å². The van der Waals surface area contributed by atoms with Gasteiger partial charge in [0.25, 0.3) is 0 Å². The zero-order valence-electron chi connectivity index (χ0n) is 35.2. The van der Waals surface area contributed by atoms with Gasteiger partial charge >= 0.3 is 17.8 Å². The van der Waals surface area contributed by atoms with E-state index in [1.807, 2.05) is 89.3 Å². The van der Waals surface area contributed by atoms with Gasteiger partial charge in [-0.15, -0.1) is 0 Å². The molecule has 6 aromatic rings. The number of benzene rings is 2. The molecular formula is C45H52N12O4. The number of urea groups is 1. The zero-order chi connectivity index (χ0) is 42.7. The van der Waals surface area contributed by atoms with Crippen LogP contribution in [0, 0.1) is 12.8 Å². The molecule has 16 heteroatoms. The fraction of sp³-hybridized carbons (Fsp3) is 0.378. The van der Waals surface area contributed by atoms with Gasteiger partial charge in [-0.3, -0.25) is 24.8 Å². The Kier molecular flexibility index (Phi) is 11.8. The summed E-state index contributed by atoms with van der Waals surface area (Å²) in [7, 11) is 0. The Balaban J connectivity index is 0.804. The van der Waals surface area contributed by atoms with Crippen LogP contribution in [0.25, 0.3) is 33.7 Å². The van der Waals surface area contributed by atoms with Crippen LogP contribution in [0.5, 0.6) is 0 Å². The van der Waals surface area contributed by atoms with Crippen LogP contribution in [0.15, 0.2) is 77.7 Å². The quantitative estimate of drug-likeness (QED) is 0.0791. The van der Waals surface area contributed by atoms with Crippen LogP contribution in [0.1, 0.15) is 80.6 Å². The molecule has 2 aliphatic heterocycles. The molecule has 5 N–H and O–H groups in total. The van der Waals surface area contributed by atoms with Gasteiger partial charge in [0.2, 0.25) is 5.91 Å². The Bertz CT molecular complexity index is 2530. The molecule has 61 heavy (non-hydrogen) atoms. The van der Waals surface area contributed by atoms with Crippen molar-refractivity contribution in [3.63, 3.8) is 0 Å². The SMILES string of the molecule is Cc1cc(-c2ncnc3[nH]c(-c4ccc(NCCNCC5CCN(c6cccc(N7CCC(=O)NC7=O)c6)CC5)cn4)cc23)ccc1[C@@H](C)NC(=O)c1nc(C(C)(C)C)no1. The number of anilines is 3. The zero-order valence-corrected chi connectivity index (χ0v) is 35.2. The van der Waals surface area contributed by atoms with Crippen molar-refractivity contribution in [3.05, 3.63) is 96.0 Å². The second kappa shape index (κ2) is 17.5. The number of H-pyrrole nitrogens is 1. The molecule has 4 amide bonds. The number of aryl methyl sites for hydroxylation is 1. The highest BCUT2D eigenvalue weighted by molar-refractivity contribution is 6.05. The maximum absolute atomic E-state index is 12.9. The first-order chi connectivity index (χ1) is 29.4. The van der Waals surface area contributed by atoms with E-state index in [1.165, 1.54) is 0 Å². The van der Waals surface area contributed by atoms with Gasteiger partial charge in [0.15, 0.2) is 5.82 Å².